The van der Waals surface area contributed by atoms with Crippen molar-refractivity contribution in [2.24, 2.45) is 5.41 Å². The Hall–Kier alpha value is -6.26. The molecule has 2 aromatic heterocycles. The monoisotopic (exact) mass is 835 g/mol. The van der Waals surface area contributed by atoms with E-state index in [4.69, 9.17) is 16.8 Å². The Morgan fingerprint density at radius 3 is 1.97 bits per heavy atom. The molecule has 0 aliphatic heterocycles. The summed E-state index contributed by atoms with van der Waals surface area (Å²) in [7, 11) is 0. The van der Waals surface area contributed by atoms with Crippen molar-refractivity contribution in [3.8, 4) is 67.5 Å². The van der Waals surface area contributed by atoms with Crippen molar-refractivity contribution in [1.82, 2.24) is 14.5 Å². The molecule has 6 aromatic carbocycles. The standard InChI is InChI=1S/C59H63N3O/c1-37(2)42-33-48(38(3)4)55(63)50(34-42)56-61-54-47(43-30-44(32-46(31-43)57(5,6)7)51-35-41(28-29-60-51)39-20-15-13-16-21-39)24-19-25-53(54)62(56)52-27-26-45(59(11,12)58(8,9)10)36-49(52)40-22-17-14-18-23-40/h13-38,63H,1-12H3/i13D,15D,16D,20D,21D. The first-order valence-electron chi connectivity index (χ1n) is 24.7. The largest absolute Gasteiger partial charge is 0.507 e. The second-order valence-corrected chi connectivity index (χ2v) is 20.2. The van der Waals surface area contributed by atoms with Gasteiger partial charge in [0.15, 0.2) is 0 Å². The molecule has 1 N–H and O–H groups in total. The number of fused-ring (bicyclic) bond motifs is 1. The van der Waals surface area contributed by atoms with Gasteiger partial charge in [-0.15, -0.1) is 0 Å². The van der Waals surface area contributed by atoms with Crippen LogP contribution < -0.4 is 0 Å². The summed E-state index contributed by atoms with van der Waals surface area (Å²) in [4.78, 5) is 10.4. The van der Waals surface area contributed by atoms with Crippen LogP contribution in [0.3, 0.4) is 0 Å². The van der Waals surface area contributed by atoms with Crippen molar-refractivity contribution in [2.45, 2.75) is 106 Å². The minimum atomic E-state index is -0.429. The summed E-state index contributed by atoms with van der Waals surface area (Å²) in [6, 6.07) is 36.1. The lowest BCUT2D eigenvalue weighted by Gasteiger charge is -2.40. The molecule has 4 nitrogen and oxygen atoms in total. The van der Waals surface area contributed by atoms with Crippen molar-refractivity contribution in [2.75, 3.05) is 0 Å². The number of aromatic hydroxyl groups is 1. The molecule has 4 heteroatoms. The summed E-state index contributed by atoms with van der Waals surface area (Å²) in [5, 5.41) is 12.4. The van der Waals surface area contributed by atoms with Gasteiger partial charge in [0, 0.05) is 22.9 Å². The topological polar surface area (TPSA) is 50.9 Å². The second kappa shape index (κ2) is 16.5. The highest BCUT2D eigenvalue weighted by molar-refractivity contribution is 5.98. The summed E-state index contributed by atoms with van der Waals surface area (Å²) in [5.74, 6) is 1.11. The molecular formula is C59H63N3O. The van der Waals surface area contributed by atoms with Gasteiger partial charge in [-0.25, -0.2) is 4.98 Å². The number of phenolic OH excluding ortho intramolecular Hbond substituents is 1. The number of hydrogen-bond donors (Lipinski definition) is 1. The first kappa shape index (κ1) is 37.3. The number of aromatic nitrogens is 3. The fourth-order valence-corrected chi connectivity index (χ4v) is 8.28. The fourth-order valence-electron chi connectivity index (χ4n) is 8.28. The van der Waals surface area contributed by atoms with Gasteiger partial charge in [-0.3, -0.25) is 9.55 Å². The number of rotatable bonds is 9. The summed E-state index contributed by atoms with van der Waals surface area (Å²) in [6.07, 6.45) is 1.63. The predicted molar refractivity (Wildman–Crippen MR) is 267 cm³/mol. The van der Waals surface area contributed by atoms with E-state index in [-0.39, 0.29) is 63.6 Å². The number of benzene rings is 6. The van der Waals surface area contributed by atoms with Crippen molar-refractivity contribution >= 4 is 11.0 Å². The van der Waals surface area contributed by atoms with Crippen LogP contribution in [0.4, 0.5) is 0 Å². The summed E-state index contributed by atoms with van der Waals surface area (Å²) in [5.41, 5.74) is 13.0. The van der Waals surface area contributed by atoms with Crippen LogP contribution >= 0.6 is 0 Å². The molecule has 0 aliphatic rings. The lowest BCUT2D eigenvalue weighted by Crippen LogP contribution is -2.34. The first-order valence-corrected chi connectivity index (χ1v) is 22.2. The van der Waals surface area contributed by atoms with E-state index in [1.807, 2.05) is 6.07 Å². The van der Waals surface area contributed by atoms with Gasteiger partial charge in [0.2, 0.25) is 0 Å². The highest BCUT2D eigenvalue weighted by Gasteiger charge is 2.35. The molecule has 8 aromatic rings. The normalized spacial score (nSPS) is 13.6. The quantitative estimate of drug-likeness (QED) is 0.158. The number of para-hydroxylation sites is 1. The van der Waals surface area contributed by atoms with E-state index < -0.39 is 6.04 Å². The predicted octanol–water partition coefficient (Wildman–Crippen LogP) is 16.3. The molecule has 0 bridgehead atoms. The Bertz CT molecular complexity index is 3210. The molecule has 320 valence electrons. The summed E-state index contributed by atoms with van der Waals surface area (Å²) < 4.78 is 44.5. The molecule has 8 rings (SSSR count). The van der Waals surface area contributed by atoms with Crippen LogP contribution in [-0.2, 0) is 10.8 Å². The fraction of sp³-hybridized carbons (Fsp3) is 0.288. The van der Waals surface area contributed by atoms with E-state index in [2.05, 4.69) is 179 Å². The van der Waals surface area contributed by atoms with Gasteiger partial charge in [-0.05, 0) is 121 Å². The van der Waals surface area contributed by atoms with Gasteiger partial charge in [0.1, 0.15) is 11.6 Å². The first-order chi connectivity index (χ1) is 31.9. The van der Waals surface area contributed by atoms with Crippen LogP contribution in [0.1, 0.15) is 124 Å². The van der Waals surface area contributed by atoms with Crippen LogP contribution in [0.2, 0.25) is 0 Å². The third kappa shape index (κ3) is 8.24. The lowest BCUT2D eigenvalue weighted by molar-refractivity contribution is 0.225. The van der Waals surface area contributed by atoms with Crippen molar-refractivity contribution in [1.29, 1.82) is 0 Å². The maximum absolute atomic E-state index is 12.4. The van der Waals surface area contributed by atoms with E-state index in [0.717, 1.165) is 61.2 Å². The van der Waals surface area contributed by atoms with Gasteiger partial charge >= 0.3 is 0 Å². The van der Waals surface area contributed by atoms with E-state index in [0.29, 0.717) is 22.6 Å². The Balaban J connectivity index is 1.45. The molecule has 0 amide bonds. The van der Waals surface area contributed by atoms with E-state index >= 15 is 0 Å². The molecule has 0 saturated carbocycles. The molecule has 0 atom stereocenters. The van der Waals surface area contributed by atoms with Crippen LogP contribution in [0.15, 0.2) is 146 Å². The smallest absolute Gasteiger partial charge is 0.149 e. The maximum atomic E-state index is 12.4. The average molecular weight is 835 g/mol. The number of hydrogen-bond acceptors (Lipinski definition) is 3. The van der Waals surface area contributed by atoms with Crippen molar-refractivity contribution in [3.05, 3.63) is 168 Å². The Kier molecular flexibility index (Phi) is 9.75. The van der Waals surface area contributed by atoms with Crippen LogP contribution in [0.5, 0.6) is 5.75 Å². The molecular weight excluding hydrogens is 767 g/mol. The van der Waals surface area contributed by atoms with E-state index in [1.165, 1.54) is 5.56 Å². The molecule has 0 spiro atoms. The Morgan fingerprint density at radius 2 is 1.30 bits per heavy atom. The zero-order valence-electron chi connectivity index (χ0n) is 43.9. The van der Waals surface area contributed by atoms with Gasteiger partial charge in [-0.1, -0.05) is 174 Å². The minimum Gasteiger partial charge on any atom is -0.507 e. The zero-order valence-corrected chi connectivity index (χ0v) is 38.9. The highest BCUT2D eigenvalue weighted by Crippen LogP contribution is 2.47. The summed E-state index contributed by atoms with van der Waals surface area (Å²) >= 11 is 0. The highest BCUT2D eigenvalue weighted by atomic mass is 16.3. The van der Waals surface area contributed by atoms with Crippen LogP contribution in [0.25, 0.3) is 72.7 Å². The van der Waals surface area contributed by atoms with Gasteiger partial charge < -0.3 is 5.11 Å². The summed E-state index contributed by atoms with van der Waals surface area (Å²) in [6.45, 7) is 26.6. The molecule has 0 unspecified atom stereocenters. The third-order valence-corrected chi connectivity index (χ3v) is 13.2. The SMILES string of the molecule is [2H]c1c([2H])c([2H])c(-c2ccnc(-c3cc(-c4cccc5c4nc(-c4cc(C(C)C)cc(C(C)C)c4O)n5-c4ccc(C(C)(C)C(C)(C)C)cc4-c4ccccc4)cc(C(C)(C)C)c3)c2)c([2H])c1[2H]. The van der Waals surface area contributed by atoms with Gasteiger partial charge in [0.05, 0.1) is 34.8 Å². The average Bonchev–Trinajstić information content (AvgIpc) is 3.69. The van der Waals surface area contributed by atoms with E-state index in [1.54, 1.807) is 18.3 Å². The number of nitrogens with zero attached hydrogens (tertiary/aromatic N) is 3. The Morgan fingerprint density at radius 1 is 0.587 bits per heavy atom. The lowest BCUT2D eigenvalue weighted by atomic mass is 9.65. The Labute approximate surface area is 382 Å². The zero-order chi connectivity index (χ0) is 49.4. The molecule has 63 heavy (non-hydrogen) atoms. The number of pyridine rings is 1. The molecule has 2 heterocycles. The third-order valence-electron chi connectivity index (χ3n) is 13.2. The van der Waals surface area contributed by atoms with Crippen LogP contribution in [0, 0.1) is 5.41 Å². The molecule has 0 radical (unpaired) electrons. The van der Waals surface area contributed by atoms with Crippen molar-refractivity contribution in [3.63, 3.8) is 0 Å². The second-order valence-electron chi connectivity index (χ2n) is 20.2. The number of phenols is 1. The molecule has 0 saturated heterocycles. The minimum absolute atomic E-state index is 0.0300. The molecule has 0 aliphatic carbocycles. The maximum Gasteiger partial charge on any atom is 0.149 e. The van der Waals surface area contributed by atoms with Gasteiger partial charge in [0.25, 0.3) is 0 Å². The van der Waals surface area contributed by atoms with Crippen molar-refractivity contribution < 1.29 is 12.0 Å². The molecule has 0 fully saturated rings. The van der Waals surface area contributed by atoms with E-state index in [9.17, 15) is 5.11 Å². The van der Waals surface area contributed by atoms with Crippen LogP contribution in [-0.4, -0.2) is 19.6 Å². The van der Waals surface area contributed by atoms with Gasteiger partial charge in [-0.2, -0.15) is 0 Å². The number of imidazole rings is 1.